The average Bonchev–Trinajstić information content (AvgIpc) is 2.53. The lowest BCUT2D eigenvalue weighted by molar-refractivity contribution is -0.651. The van der Waals surface area contributed by atoms with E-state index in [1.807, 2.05) is 0 Å². The van der Waals surface area contributed by atoms with E-state index in [0.29, 0.717) is 10.3 Å². The number of hydrogen-bond acceptors (Lipinski definition) is 0. The molecule has 0 spiro atoms. The number of rotatable bonds is 1. The molecule has 18 heavy (non-hydrogen) atoms. The van der Waals surface area contributed by atoms with Gasteiger partial charge in [-0.05, 0) is 23.2 Å². The van der Waals surface area contributed by atoms with E-state index in [2.05, 4.69) is 23.2 Å². The number of halogens is 2. The van der Waals surface area contributed by atoms with Crippen molar-refractivity contribution in [3.05, 3.63) is 10.3 Å². The van der Waals surface area contributed by atoms with Crippen molar-refractivity contribution in [3.63, 3.8) is 0 Å². The summed E-state index contributed by atoms with van der Waals surface area (Å²) < 4.78 is 4.28. The molecule has 0 aliphatic carbocycles. The normalized spacial score (nSPS) is 31.7. The molecule has 0 radical (unpaired) electrons. The highest BCUT2D eigenvalue weighted by Gasteiger charge is 2.38. The van der Waals surface area contributed by atoms with Crippen LogP contribution in [0.1, 0.15) is 38.5 Å². The first-order valence-electron chi connectivity index (χ1n) is 7.22. The van der Waals surface area contributed by atoms with Crippen molar-refractivity contribution in [1.82, 2.24) is 4.57 Å². The molecule has 0 aromatic carbocycles. The Balaban J connectivity index is 2.06. The fourth-order valence-corrected chi connectivity index (χ4v) is 5.27. The molecule has 0 N–H and O–H groups in total. The topological polar surface area (TPSA) is 8.81 Å². The summed E-state index contributed by atoms with van der Waals surface area (Å²) in [7, 11) is 4.14. The van der Waals surface area contributed by atoms with E-state index in [4.69, 9.17) is 23.2 Å². The van der Waals surface area contributed by atoms with Crippen LogP contribution in [0.4, 0.5) is 0 Å². The third-order valence-electron chi connectivity index (χ3n) is 5.59. The maximum atomic E-state index is 6.30. The number of fused-ring (bicyclic) bond motifs is 2. The van der Waals surface area contributed by atoms with E-state index in [1.165, 1.54) is 44.2 Å². The Morgan fingerprint density at radius 1 is 1.11 bits per heavy atom. The Hall–Kier alpha value is -0.145. The van der Waals surface area contributed by atoms with Crippen LogP contribution in [-0.4, -0.2) is 11.3 Å². The SMILES string of the molecule is Cn1c(Cl)c(Cl)[n+](C)c1[BH-]1C2CCCC1CCC2. The van der Waals surface area contributed by atoms with Gasteiger partial charge < -0.3 is 0 Å². The van der Waals surface area contributed by atoms with Gasteiger partial charge in [-0.25, -0.2) is 0 Å². The molecule has 3 heterocycles. The third-order valence-corrected chi connectivity index (χ3v) is 6.55. The lowest BCUT2D eigenvalue weighted by Crippen LogP contribution is -2.60. The molecule has 3 rings (SSSR count). The van der Waals surface area contributed by atoms with Crippen molar-refractivity contribution in [2.45, 2.75) is 50.2 Å². The van der Waals surface area contributed by atoms with Crippen LogP contribution >= 0.6 is 23.2 Å². The second-order valence-electron chi connectivity index (χ2n) is 6.35. The molecular formula is C13H21BCl2N2. The molecule has 2 bridgehead atoms. The largest absolute Gasteiger partial charge is 0.257 e. The van der Waals surface area contributed by atoms with Gasteiger partial charge in [0.05, 0.1) is 19.8 Å². The minimum Gasteiger partial charge on any atom is -0.257 e. The summed E-state index contributed by atoms with van der Waals surface area (Å²) in [6, 6.07) is 0. The molecule has 0 atom stereocenters. The van der Waals surface area contributed by atoms with Crippen molar-refractivity contribution in [2.75, 3.05) is 0 Å². The molecule has 0 unspecified atom stereocenters. The highest BCUT2D eigenvalue weighted by molar-refractivity contribution is 6.74. The lowest BCUT2D eigenvalue weighted by atomic mass is 9.26. The zero-order chi connectivity index (χ0) is 12.9. The summed E-state index contributed by atoms with van der Waals surface area (Å²) in [4.78, 5) is 0. The van der Waals surface area contributed by atoms with E-state index in [1.54, 1.807) is 0 Å². The molecule has 1 aromatic rings. The second-order valence-corrected chi connectivity index (χ2v) is 7.07. The molecular weight excluding hydrogens is 266 g/mol. The van der Waals surface area contributed by atoms with Gasteiger partial charge >= 0.3 is 0 Å². The van der Waals surface area contributed by atoms with Gasteiger partial charge in [-0.1, -0.05) is 38.5 Å². The van der Waals surface area contributed by atoms with Gasteiger partial charge in [0.15, 0.2) is 0 Å². The van der Waals surface area contributed by atoms with Crippen LogP contribution in [-0.2, 0) is 14.1 Å². The Kier molecular flexibility index (Phi) is 3.40. The number of hydrogen-bond donors (Lipinski definition) is 0. The average molecular weight is 287 g/mol. The fraction of sp³-hybridized carbons (Fsp3) is 0.769. The summed E-state index contributed by atoms with van der Waals surface area (Å²) in [5.41, 5.74) is 1.42. The summed E-state index contributed by atoms with van der Waals surface area (Å²) in [6.07, 6.45) is 8.50. The first-order valence-corrected chi connectivity index (χ1v) is 7.98. The summed E-state index contributed by atoms with van der Waals surface area (Å²) in [5, 5.41) is 1.40. The van der Waals surface area contributed by atoms with E-state index in [0.717, 1.165) is 11.6 Å². The Bertz CT molecular complexity index is 425. The van der Waals surface area contributed by atoms with E-state index >= 15 is 0 Å². The molecule has 2 aliphatic rings. The predicted octanol–water partition coefficient (Wildman–Crippen LogP) is 2.70. The van der Waals surface area contributed by atoms with Gasteiger partial charge in [-0.15, -0.1) is 0 Å². The lowest BCUT2D eigenvalue weighted by Gasteiger charge is -2.46. The quantitative estimate of drug-likeness (QED) is 0.554. The Labute approximate surface area is 119 Å². The van der Waals surface area contributed by atoms with Gasteiger partial charge in [0.25, 0.3) is 10.3 Å². The van der Waals surface area contributed by atoms with Crippen LogP contribution in [0.2, 0.25) is 21.9 Å². The molecule has 2 aliphatic heterocycles. The monoisotopic (exact) mass is 286 g/mol. The van der Waals surface area contributed by atoms with Crippen LogP contribution in [0.5, 0.6) is 0 Å². The first kappa shape index (κ1) is 12.9. The van der Waals surface area contributed by atoms with Crippen LogP contribution in [0.3, 0.4) is 0 Å². The Morgan fingerprint density at radius 3 is 2.00 bits per heavy atom. The Morgan fingerprint density at radius 2 is 1.61 bits per heavy atom. The highest BCUT2D eigenvalue weighted by Crippen LogP contribution is 2.45. The van der Waals surface area contributed by atoms with Gasteiger partial charge in [-0.2, -0.15) is 11.6 Å². The molecule has 2 nitrogen and oxygen atoms in total. The number of imidazole rings is 1. The summed E-state index contributed by atoms with van der Waals surface area (Å²) in [6.45, 7) is -0.298. The van der Waals surface area contributed by atoms with Crippen molar-refractivity contribution < 1.29 is 4.57 Å². The predicted molar refractivity (Wildman–Crippen MR) is 78.6 cm³/mol. The van der Waals surface area contributed by atoms with Gasteiger partial charge in [0.1, 0.15) is 6.71 Å². The molecule has 2 fully saturated rings. The number of nitrogens with zero attached hydrogens (tertiary/aromatic N) is 2. The molecule has 0 saturated carbocycles. The molecule has 100 valence electrons. The molecule has 1 aromatic heterocycles. The van der Waals surface area contributed by atoms with Crippen molar-refractivity contribution in [1.29, 1.82) is 0 Å². The van der Waals surface area contributed by atoms with E-state index < -0.39 is 0 Å². The number of aromatic nitrogens is 2. The first-order chi connectivity index (χ1) is 8.61. The van der Waals surface area contributed by atoms with E-state index in [9.17, 15) is 0 Å². The van der Waals surface area contributed by atoms with Gasteiger partial charge in [0, 0.05) is 0 Å². The van der Waals surface area contributed by atoms with Crippen molar-refractivity contribution in [3.8, 4) is 0 Å². The summed E-state index contributed by atoms with van der Waals surface area (Å²) in [5.74, 6) is 1.84. The van der Waals surface area contributed by atoms with Crippen LogP contribution in [0.15, 0.2) is 0 Å². The maximum Gasteiger partial charge on any atom is 0.252 e. The van der Waals surface area contributed by atoms with Gasteiger partial charge in [-0.3, -0.25) is 9.13 Å². The molecule has 0 amide bonds. The standard InChI is InChI=1S/C13H21BCl2N2/c1-17-11(15)12(16)18(2)13(17)14-9-5-3-6-10(14)8-4-7-9/h9-10,14H,3-8H2,1-2H3. The maximum absolute atomic E-state index is 6.30. The summed E-state index contributed by atoms with van der Waals surface area (Å²) >= 11 is 12.6. The minimum atomic E-state index is -0.298. The van der Waals surface area contributed by atoms with E-state index in [-0.39, 0.29) is 6.71 Å². The van der Waals surface area contributed by atoms with Crippen LogP contribution < -0.4 is 10.3 Å². The second kappa shape index (κ2) is 4.75. The van der Waals surface area contributed by atoms with Crippen LogP contribution in [0.25, 0.3) is 0 Å². The molecule has 5 heteroatoms. The zero-order valence-electron chi connectivity index (χ0n) is 11.3. The van der Waals surface area contributed by atoms with Crippen molar-refractivity contribution in [2.24, 2.45) is 14.1 Å². The van der Waals surface area contributed by atoms with Gasteiger partial charge in [0.2, 0.25) is 0 Å². The highest BCUT2D eigenvalue weighted by atomic mass is 35.5. The third kappa shape index (κ3) is 1.82. The smallest absolute Gasteiger partial charge is 0.252 e. The van der Waals surface area contributed by atoms with Crippen LogP contribution in [0, 0.1) is 0 Å². The molecule has 2 saturated heterocycles. The van der Waals surface area contributed by atoms with Crippen molar-refractivity contribution >= 4 is 35.6 Å². The zero-order valence-corrected chi connectivity index (χ0v) is 12.8. The minimum absolute atomic E-state index is 0.298. The fourth-order valence-electron chi connectivity index (χ4n) is 4.82.